The number of benzene rings is 3. The van der Waals surface area contributed by atoms with Crippen molar-refractivity contribution in [2.45, 2.75) is 73.2 Å². The molecule has 14 nitrogen and oxygen atoms in total. The third-order valence-electron chi connectivity index (χ3n) is 12.7. The zero-order valence-electron chi connectivity index (χ0n) is 37.8. The molecule has 2 aliphatic heterocycles. The van der Waals surface area contributed by atoms with E-state index in [-0.39, 0.29) is 18.6 Å². The molecule has 2 aliphatic rings. The van der Waals surface area contributed by atoms with Crippen LogP contribution >= 0.6 is 23.2 Å². The molecule has 0 saturated carbocycles. The number of carbonyl (C=O) groups excluding carboxylic acids is 1. The molecule has 16 heteroatoms. The topological polar surface area (TPSA) is 138 Å². The molecule has 340 valence electrons. The van der Waals surface area contributed by atoms with Crippen molar-refractivity contribution in [3.63, 3.8) is 0 Å². The molecule has 0 radical (unpaired) electrons. The molecule has 1 N–H and O–H groups in total. The van der Waals surface area contributed by atoms with Gasteiger partial charge in [0.2, 0.25) is 0 Å². The van der Waals surface area contributed by atoms with Crippen molar-refractivity contribution >= 4 is 56.6 Å². The maximum Gasteiger partial charge on any atom is 0.275 e. The molecule has 0 aliphatic carbocycles. The number of hydrogen-bond donors (Lipinski definition) is 1. The Morgan fingerprint density at radius 3 is 2.38 bits per heavy atom. The zero-order valence-corrected chi connectivity index (χ0v) is 39.3. The molecule has 4 aromatic heterocycles. The van der Waals surface area contributed by atoms with Gasteiger partial charge in [-0.3, -0.25) is 14.4 Å². The predicted molar refractivity (Wildman–Crippen MR) is 255 cm³/mol. The van der Waals surface area contributed by atoms with Gasteiger partial charge in [0.1, 0.15) is 24.4 Å². The first-order chi connectivity index (χ1) is 31.4. The fraction of sp³-hybridized carbons (Fsp3) is 0.408. The van der Waals surface area contributed by atoms with E-state index < -0.39 is 0 Å². The summed E-state index contributed by atoms with van der Waals surface area (Å²) in [6, 6.07) is 14.0. The Labute approximate surface area is 388 Å². The SMILES string of the molecule is COCCn1cnc(-c2ccc3c(c2)c(N2CC(C)n4c(c(CCCOc5cc(C)c(Cl)c(C)c5)c5ccc(Cl)c(-c6c(C)nc(CO)nc6C)c54)C2=O)cn3CCN2CCOCC2)n1. The molecule has 9 rings (SSSR count). The van der Waals surface area contributed by atoms with Crippen LogP contribution < -0.4 is 9.64 Å². The lowest BCUT2D eigenvalue weighted by atomic mass is 9.97. The van der Waals surface area contributed by atoms with Crippen LogP contribution in [0.2, 0.25) is 10.0 Å². The second-order valence-corrected chi connectivity index (χ2v) is 18.0. The lowest BCUT2D eigenvalue weighted by molar-refractivity contribution is 0.0365. The van der Waals surface area contributed by atoms with Gasteiger partial charge in [0.05, 0.1) is 54.7 Å². The number of ether oxygens (including phenoxy) is 3. The van der Waals surface area contributed by atoms with E-state index in [0.29, 0.717) is 72.9 Å². The predicted octanol–water partition coefficient (Wildman–Crippen LogP) is 8.56. The molecule has 0 bridgehead atoms. The Kier molecular flexibility index (Phi) is 13.0. The number of anilines is 1. The quantitative estimate of drug-likeness (QED) is 0.0997. The Balaban J connectivity index is 1.16. The number of nitrogens with zero attached hydrogens (tertiary/aromatic N) is 9. The van der Waals surface area contributed by atoms with Crippen molar-refractivity contribution in [1.82, 2.24) is 38.8 Å². The molecule has 1 amide bonds. The highest BCUT2D eigenvalue weighted by Gasteiger charge is 2.38. The molecular formula is C49H55Cl2N9O5. The van der Waals surface area contributed by atoms with Gasteiger partial charge in [0.25, 0.3) is 5.91 Å². The maximum atomic E-state index is 15.7. The van der Waals surface area contributed by atoms with Gasteiger partial charge < -0.3 is 33.4 Å². The summed E-state index contributed by atoms with van der Waals surface area (Å²) in [7, 11) is 1.67. The normalized spacial score (nSPS) is 15.7. The van der Waals surface area contributed by atoms with E-state index in [1.54, 1.807) is 18.1 Å². The minimum Gasteiger partial charge on any atom is -0.494 e. The van der Waals surface area contributed by atoms with Crippen LogP contribution in [-0.4, -0.2) is 109 Å². The number of fused-ring (bicyclic) bond motifs is 4. The number of hydrogen-bond acceptors (Lipinski definition) is 10. The number of amides is 1. The van der Waals surface area contributed by atoms with E-state index in [0.717, 1.165) is 111 Å². The van der Waals surface area contributed by atoms with Crippen molar-refractivity contribution in [2.24, 2.45) is 0 Å². The van der Waals surface area contributed by atoms with Gasteiger partial charge in [-0.15, -0.1) is 0 Å². The minimum atomic E-state index is -0.275. The van der Waals surface area contributed by atoms with Crippen LogP contribution in [0.25, 0.3) is 44.3 Å². The van der Waals surface area contributed by atoms with Crippen LogP contribution in [-0.2, 0) is 35.6 Å². The van der Waals surface area contributed by atoms with Gasteiger partial charge in [0.15, 0.2) is 11.6 Å². The Hall–Kier alpha value is -5.35. The molecule has 0 spiro atoms. The van der Waals surface area contributed by atoms with Gasteiger partial charge in [-0.1, -0.05) is 29.3 Å². The third kappa shape index (κ3) is 8.63. The number of halogens is 2. The molecule has 7 aromatic rings. The van der Waals surface area contributed by atoms with E-state index >= 15 is 4.79 Å². The van der Waals surface area contributed by atoms with Crippen molar-refractivity contribution in [3.05, 3.63) is 105 Å². The van der Waals surface area contributed by atoms with E-state index in [9.17, 15) is 5.11 Å². The molecule has 3 aromatic carbocycles. The van der Waals surface area contributed by atoms with Gasteiger partial charge >= 0.3 is 0 Å². The van der Waals surface area contributed by atoms with Crippen LogP contribution in [0.5, 0.6) is 5.75 Å². The number of aliphatic hydroxyl groups excluding tert-OH is 1. The summed E-state index contributed by atoms with van der Waals surface area (Å²) in [4.78, 5) is 34.0. The number of aliphatic hydroxyl groups is 1. The molecule has 6 heterocycles. The van der Waals surface area contributed by atoms with Crippen molar-refractivity contribution in [1.29, 1.82) is 0 Å². The van der Waals surface area contributed by atoms with Gasteiger partial charge in [0, 0.05) is 95.9 Å². The number of methoxy groups -OCH3 is 1. The smallest absolute Gasteiger partial charge is 0.275 e. The fourth-order valence-electron chi connectivity index (χ4n) is 9.63. The first-order valence-electron chi connectivity index (χ1n) is 22.3. The first-order valence-corrected chi connectivity index (χ1v) is 23.0. The average Bonchev–Trinajstić information content (AvgIpc) is 4.02. The van der Waals surface area contributed by atoms with Crippen LogP contribution in [0.1, 0.15) is 63.8 Å². The summed E-state index contributed by atoms with van der Waals surface area (Å²) in [5.74, 6) is 1.61. The summed E-state index contributed by atoms with van der Waals surface area (Å²) < 4.78 is 23.5. The Morgan fingerprint density at radius 2 is 1.66 bits per heavy atom. The highest BCUT2D eigenvalue weighted by molar-refractivity contribution is 6.35. The second-order valence-electron chi connectivity index (χ2n) is 17.2. The van der Waals surface area contributed by atoms with Crippen molar-refractivity contribution < 1.29 is 24.1 Å². The lowest BCUT2D eigenvalue weighted by Gasteiger charge is -2.34. The lowest BCUT2D eigenvalue weighted by Crippen LogP contribution is -2.42. The number of aromatic nitrogens is 7. The van der Waals surface area contributed by atoms with Crippen LogP contribution in [0.15, 0.2) is 55.0 Å². The number of morpholine rings is 1. The monoisotopic (exact) mass is 919 g/mol. The van der Waals surface area contributed by atoms with Gasteiger partial charge in [-0.25, -0.2) is 15.0 Å². The summed E-state index contributed by atoms with van der Waals surface area (Å²) >= 11 is 13.7. The van der Waals surface area contributed by atoms with E-state index in [4.69, 9.17) is 42.5 Å². The summed E-state index contributed by atoms with van der Waals surface area (Å²) in [5, 5.41) is 17.9. The van der Waals surface area contributed by atoms with Gasteiger partial charge in [-0.2, -0.15) is 5.10 Å². The second kappa shape index (κ2) is 18.9. The number of rotatable bonds is 15. The third-order valence-corrected chi connectivity index (χ3v) is 13.7. The summed E-state index contributed by atoms with van der Waals surface area (Å²) in [6.07, 6.45) is 5.08. The molecule has 1 saturated heterocycles. The Bertz CT molecular complexity index is 2870. The zero-order chi connectivity index (χ0) is 45.5. The largest absolute Gasteiger partial charge is 0.494 e. The average molecular weight is 921 g/mol. The molecule has 1 fully saturated rings. The van der Waals surface area contributed by atoms with E-state index in [1.807, 2.05) is 56.9 Å². The van der Waals surface area contributed by atoms with Crippen molar-refractivity contribution in [3.8, 4) is 28.3 Å². The highest BCUT2D eigenvalue weighted by Crippen LogP contribution is 2.46. The number of aryl methyl sites for hydroxylation is 5. The van der Waals surface area contributed by atoms with Crippen molar-refractivity contribution in [2.75, 3.05) is 64.6 Å². The summed E-state index contributed by atoms with van der Waals surface area (Å²) in [6.45, 7) is 16.4. The molecule has 1 unspecified atom stereocenters. The summed E-state index contributed by atoms with van der Waals surface area (Å²) in [5.41, 5.74) is 10.0. The first kappa shape index (κ1) is 44.8. The number of carbonyl (C=O) groups is 1. The molecular weight excluding hydrogens is 866 g/mol. The molecule has 65 heavy (non-hydrogen) atoms. The van der Waals surface area contributed by atoms with Crippen LogP contribution in [0.3, 0.4) is 0 Å². The molecule has 1 atom stereocenters. The fourth-order valence-corrected chi connectivity index (χ4v) is 9.99. The maximum absolute atomic E-state index is 15.7. The van der Waals surface area contributed by atoms with E-state index in [2.05, 4.69) is 60.3 Å². The highest BCUT2D eigenvalue weighted by atomic mass is 35.5. The Morgan fingerprint density at radius 1 is 0.908 bits per heavy atom. The van der Waals surface area contributed by atoms with E-state index in [1.165, 1.54) is 0 Å². The van der Waals surface area contributed by atoms with Crippen LogP contribution in [0, 0.1) is 27.7 Å². The standard InChI is InChI=1S/C49H55Cl2N9O5/c1-29-22-35(23-30(2)45(29)51)65-18-7-8-36-37-10-11-39(50)44(43-32(4)53-42(27-61)54-33(43)5)46(37)60-31(3)25-59(49(62)47(36)60)41-26-57(14-13-56-15-20-64-21-16-56)40-12-9-34(24-38(40)41)48-52-28-58(55-48)17-19-63-6/h9-12,22-24,26,28,31,61H,7-8,13-21,25,27H2,1-6H3. The minimum absolute atomic E-state index is 0.0961. The van der Waals surface area contributed by atoms with Gasteiger partial charge in [-0.05, 0) is 101 Å². The van der Waals surface area contributed by atoms with Crippen LogP contribution in [0.4, 0.5) is 5.69 Å².